The van der Waals surface area contributed by atoms with E-state index in [9.17, 15) is 9.90 Å². The van der Waals surface area contributed by atoms with Gasteiger partial charge in [0.25, 0.3) is 5.56 Å². The molecule has 1 aromatic heterocycles. The molecule has 3 aromatic carbocycles. The summed E-state index contributed by atoms with van der Waals surface area (Å²) < 4.78 is 6.71. The molecule has 150 valence electrons. The zero-order valence-electron chi connectivity index (χ0n) is 17.1. The Labute approximate surface area is 174 Å². The van der Waals surface area contributed by atoms with Gasteiger partial charge in [0.1, 0.15) is 11.4 Å². The van der Waals surface area contributed by atoms with Gasteiger partial charge in [0.2, 0.25) is 5.88 Å². The number of rotatable bonds is 4. The first-order valence-electron chi connectivity index (χ1n) is 9.62. The quantitative estimate of drug-likeness (QED) is 0.488. The average molecular weight is 398 g/mol. The zero-order valence-corrected chi connectivity index (χ0v) is 17.1. The lowest BCUT2D eigenvalue weighted by molar-refractivity contribution is 0.416. The van der Waals surface area contributed by atoms with Crippen LogP contribution in [-0.2, 0) is 0 Å². The van der Waals surface area contributed by atoms with Crippen molar-refractivity contribution in [2.75, 3.05) is 7.11 Å². The second-order valence-corrected chi connectivity index (χ2v) is 7.14. The second kappa shape index (κ2) is 7.87. The van der Waals surface area contributed by atoms with Gasteiger partial charge in [0, 0.05) is 17.0 Å². The Morgan fingerprint density at radius 1 is 0.967 bits per heavy atom. The molecule has 0 spiro atoms. The normalized spacial score (nSPS) is 11.3. The molecule has 5 heteroatoms. The molecule has 4 rings (SSSR count). The molecule has 0 bridgehead atoms. The van der Waals surface area contributed by atoms with E-state index in [1.807, 2.05) is 74.5 Å². The molecule has 30 heavy (non-hydrogen) atoms. The molecule has 0 saturated heterocycles. The molecule has 0 unspecified atom stereocenters. The molecule has 0 aliphatic carbocycles. The number of ether oxygens (including phenoxy) is 1. The number of methoxy groups -OCH3 is 1. The van der Waals surface area contributed by atoms with Crippen molar-refractivity contribution in [1.29, 1.82) is 0 Å². The fourth-order valence-electron chi connectivity index (χ4n) is 3.64. The average Bonchev–Trinajstić information content (AvgIpc) is 2.75. The minimum absolute atomic E-state index is 0.149. The van der Waals surface area contributed by atoms with Gasteiger partial charge in [-0.05, 0) is 43.7 Å². The zero-order chi connectivity index (χ0) is 21.3. The van der Waals surface area contributed by atoms with Crippen LogP contribution in [0.3, 0.4) is 0 Å². The van der Waals surface area contributed by atoms with E-state index in [0.717, 1.165) is 11.1 Å². The number of para-hydroxylation sites is 2. The fraction of sp³-hybridized carbons (Fsp3) is 0.120. The lowest BCUT2D eigenvalue weighted by atomic mass is 10.1. The first-order valence-corrected chi connectivity index (χ1v) is 9.62. The maximum atomic E-state index is 13.3. The molecule has 0 atom stereocenters. The van der Waals surface area contributed by atoms with Crippen molar-refractivity contribution in [2.45, 2.75) is 13.8 Å². The summed E-state index contributed by atoms with van der Waals surface area (Å²) in [7, 11) is 1.58. The number of nitrogens with zero attached hydrogens (tertiary/aromatic N) is 2. The lowest BCUT2D eigenvalue weighted by Crippen LogP contribution is -2.21. The number of aryl methyl sites for hydroxylation is 2. The molecule has 0 saturated carbocycles. The highest BCUT2D eigenvalue weighted by Crippen LogP contribution is 2.30. The maximum absolute atomic E-state index is 13.3. The largest absolute Gasteiger partial charge is 0.494 e. The van der Waals surface area contributed by atoms with Crippen molar-refractivity contribution >= 4 is 22.7 Å². The number of aromatic nitrogens is 1. The molecule has 0 radical (unpaired) electrons. The van der Waals surface area contributed by atoms with E-state index >= 15 is 0 Å². The molecule has 0 fully saturated rings. The Hall–Kier alpha value is -3.86. The van der Waals surface area contributed by atoms with Gasteiger partial charge in [-0.2, -0.15) is 0 Å². The van der Waals surface area contributed by atoms with Gasteiger partial charge in [-0.25, -0.2) is 4.57 Å². The van der Waals surface area contributed by atoms with Crippen LogP contribution in [0.15, 0.2) is 76.5 Å². The number of hydrogen-bond acceptors (Lipinski definition) is 4. The summed E-state index contributed by atoms with van der Waals surface area (Å²) in [5, 5.41) is 12.3. The van der Waals surface area contributed by atoms with Gasteiger partial charge in [0.05, 0.1) is 18.4 Å². The summed E-state index contributed by atoms with van der Waals surface area (Å²) in [6.45, 7) is 3.91. The standard InChI is InChI=1S/C25H22N2O3/c1-16-12-13-22(17(2)14-16)27-24(28)19-9-5-4-8-18(19)20(25(27)29)15-26-21-10-6-7-11-23(21)30-3/h4-15,29H,1-3H3. The van der Waals surface area contributed by atoms with Crippen LogP contribution >= 0.6 is 0 Å². The minimum atomic E-state index is -0.274. The Kier molecular flexibility index (Phi) is 5.11. The third-order valence-corrected chi connectivity index (χ3v) is 5.11. The summed E-state index contributed by atoms with van der Waals surface area (Å²) in [6, 6.07) is 20.4. The highest BCUT2D eigenvalue weighted by Gasteiger charge is 2.17. The van der Waals surface area contributed by atoms with Crippen LogP contribution < -0.4 is 10.3 Å². The Balaban J connectivity index is 2.00. The first-order chi connectivity index (χ1) is 14.5. The van der Waals surface area contributed by atoms with Gasteiger partial charge in [-0.1, -0.05) is 48.0 Å². The molecule has 0 aliphatic rings. The van der Waals surface area contributed by atoms with E-state index in [4.69, 9.17) is 4.74 Å². The highest BCUT2D eigenvalue weighted by molar-refractivity contribution is 6.02. The molecule has 5 nitrogen and oxygen atoms in total. The molecule has 0 aliphatic heterocycles. The Bertz CT molecular complexity index is 1340. The number of fused-ring (bicyclic) bond motifs is 1. The van der Waals surface area contributed by atoms with Crippen LogP contribution in [0, 0.1) is 13.8 Å². The van der Waals surface area contributed by atoms with Gasteiger partial charge in [-0.3, -0.25) is 9.79 Å². The lowest BCUT2D eigenvalue weighted by Gasteiger charge is -2.16. The second-order valence-electron chi connectivity index (χ2n) is 7.14. The number of hydrogen-bond donors (Lipinski definition) is 1. The number of pyridine rings is 1. The van der Waals surface area contributed by atoms with Gasteiger partial charge in [-0.15, -0.1) is 0 Å². The van der Waals surface area contributed by atoms with E-state index in [2.05, 4.69) is 4.99 Å². The van der Waals surface area contributed by atoms with E-state index in [1.165, 1.54) is 4.57 Å². The van der Waals surface area contributed by atoms with Crippen LogP contribution in [0.2, 0.25) is 0 Å². The number of benzene rings is 3. The first kappa shape index (κ1) is 19.5. The van der Waals surface area contributed by atoms with Crippen molar-refractivity contribution in [3.8, 4) is 17.3 Å². The van der Waals surface area contributed by atoms with Crippen molar-refractivity contribution in [2.24, 2.45) is 4.99 Å². The van der Waals surface area contributed by atoms with E-state index in [-0.39, 0.29) is 11.4 Å². The predicted molar refractivity (Wildman–Crippen MR) is 121 cm³/mol. The summed E-state index contributed by atoms with van der Waals surface area (Å²) in [4.78, 5) is 17.8. The molecular formula is C25H22N2O3. The molecule has 0 amide bonds. The van der Waals surface area contributed by atoms with Crippen LogP contribution in [0.25, 0.3) is 16.5 Å². The smallest absolute Gasteiger partial charge is 0.265 e. The van der Waals surface area contributed by atoms with Crippen LogP contribution in [0.5, 0.6) is 11.6 Å². The maximum Gasteiger partial charge on any atom is 0.265 e. The van der Waals surface area contributed by atoms with Gasteiger partial charge in [0.15, 0.2) is 0 Å². The highest BCUT2D eigenvalue weighted by atomic mass is 16.5. The molecule has 1 heterocycles. The molecular weight excluding hydrogens is 376 g/mol. The summed E-state index contributed by atoms with van der Waals surface area (Å²) in [5.74, 6) is 0.476. The third-order valence-electron chi connectivity index (χ3n) is 5.11. The van der Waals surface area contributed by atoms with Crippen molar-refractivity contribution in [3.05, 3.63) is 93.8 Å². The van der Waals surface area contributed by atoms with Crippen molar-refractivity contribution in [1.82, 2.24) is 4.57 Å². The number of aliphatic imine (C=N–C) groups is 1. The Morgan fingerprint density at radius 3 is 2.40 bits per heavy atom. The number of aromatic hydroxyl groups is 1. The van der Waals surface area contributed by atoms with Crippen LogP contribution in [0.1, 0.15) is 16.7 Å². The Morgan fingerprint density at radius 2 is 1.67 bits per heavy atom. The van der Waals surface area contributed by atoms with E-state index in [0.29, 0.717) is 33.5 Å². The van der Waals surface area contributed by atoms with Gasteiger partial charge >= 0.3 is 0 Å². The minimum Gasteiger partial charge on any atom is -0.494 e. The topological polar surface area (TPSA) is 63.8 Å². The van der Waals surface area contributed by atoms with Crippen molar-refractivity contribution < 1.29 is 9.84 Å². The monoisotopic (exact) mass is 398 g/mol. The van der Waals surface area contributed by atoms with Crippen molar-refractivity contribution in [3.63, 3.8) is 0 Å². The summed E-state index contributed by atoms with van der Waals surface area (Å²) in [5.41, 5.74) is 3.45. The SMILES string of the molecule is COc1ccccc1N=Cc1c(O)n(-c2ccc(C)cc2C)c(=O)c2ccccc12. The molecule has 4 aromatic rings. The fourth-order valence-corrected chi connectivity index (χ4v) is 3.64. The van der Waals surface area contributed by atoms with Crippen LogP contribution in [0.4, 0.5) is 5.69 Å². The molecule has 1 N–H and O–H groups in total. The predicted octanol–water partition coefficient (Wildman–Crippen LogP) is 5.07. The van der Waals surface area contributed by atoms with Gasteiger partial charge < -0.3 is 9.84 Å². The summed E-state index contributed by atoms with van der Waals surface area (Å²) in [6.07, 6.45) is 1.58. The summed E-state index contributed by atoms with van der Waals surface area (Å²) >= 11 is 0. The van der Waals surface area contributed by atoms with E-state index in [1.54, 1.807) is 19.4 Å². The third kappa shape index (κ3) is 3.35. The van der Waals surface area contributed by atoms with Crippen LogP contribution in [-0.4, -0.2) is 23.0 Å². The van der Waals surface area contributed by atoms with E-state index < -0.39 is 0 Å².